The molecule has 92 valence electrons. The van der Waals surface area contributed by atoms with E-state index in [4.69, 9.17) is 5.11 Å². The normalized spacial score (nSPS) is 23.1. The summed E-state index contributed by atoms with van der Waals surface area (Å²) in [6.45, 7) is 2.13. The summed E-state index contributed by atoms with van der Waals surface area (Å²) in [6, 6.07) is 5.46. The molecular formula is C14H18O3. The lowest BCUT2D eigenvalue weighted by molar-refractivity contribution is -0.137. The van der Waals surface area contributed by atoms with Crippen molar-refractivity contribution in [1.82, 2.24) is 0 Å². The molecule has 1 aromatic rings. The number of benzene rings is 1. The molecule has 1 aliphatic rings. The summed E-state index contributed by atoms with van der Waals surface area (Å²) >= 11 is 0. The number of carboxylic acid groups (broad SMARTS) is 1. The zero-order valence-electron chi connectivity index (χ0n) is 10.1. The van der Waals surface area contributed by atoms with Gasteiger partial charge in [-0.1, -0.05) is 13.0 Å². The smallest absolute Gasteiger partial charge is 0.303 e. The van der Waals surface area contributed by atoms with E-state index in [2.05, 4.69) is 6.92 Å². The Labute approximate surface area is 101 Å². The van der Waals surface area contributed by atoms with Gasteiger partial charge in [0.05, 0.1) is 0 Å². The Bertz CT molecular complexity index is 439. The number of phenols is 1. The average molecular weight is 234 g/mol. The third-order valence-corrected chi connectivity index (χ3v) is 3.80. The molecule has 0 aromatic heterocycles. The van der Waals surface area contributed by atoms with Gasteiger partial charge in [0, 0.05) is 6.42 Å². The molecule has 3 heteroatoms. The standard InChI is InChI=1S/C14H18O3/c1-14(8-6-13(16)17)7-2-3-10-9-11(15)4-5-12(10)14/h4-5,9,15H,2-3,6-8H2,1H3,(H,16,17). The summed E-state index contributed by atoms with van der Waals surface area (Å²) in [5.41, 5.74) is 2.33. The highest BCUT2D eigenvalue weighted by atomic mass is 16.4. The van der Waals surface area contributed by atoms with Crippen molar-refractivity contribution >= 4 is 5.97 Å². The van der Waals surface area contributed by atoms with Crippen LogP contribution in [0.3, 0.4) is 0 Å². The van der Waals surface area contributed by atoms with Gasteiger partial charge in [0.25, 0.3) is 0 Å². The van der Waals surface area contributed by atoms with E-state index in [1.54, 1.807) is 6.07 Å². The fourth-order valence-corrected chi connectivity index (χ4v) is 2.82. The van der Waals surface area contributed by atoms with E-state index in [9.17, 15) is 9.90 Å². The predicted molar refractivity (Wildman–Crippen MR) is 65.3 cm³/mol. The lowest BCUT2D eigenvalue weighted by Gasteiger charge is -2.36. The van der Waals surface area contributed by atoms with Crippen LogP contribution >= 0.6 is 0 Å². The highest BCUT2D eigenvalue weighted by molar-refractivity contribution is 5.67. The second-order valence-corrected chi connectivity index (χ2v) is 5.15. The first-order valence-electron chi connectivity index (χ1n) is 6.05. The minimum Gasteiger partial charge on any atom is -0.508 e. The van der Waals surface area contributed by atoms with Crippen molar-refractivity contribution in [3.63, 3.8) is 0 Å². The van der Waals surface area contributed by atoms with Crippen LogP contribution in [-0.4, -0.2) is 16.2 Å². The number of aliphatic carboxylic acids is 1. The summed E-state index contributed by atoms with van der Waals surface area (Å²) in [7, 11) is 0. The molecule has 0 bridgehead atoms. The zero-order valence-corrected chi connectivity index (χ0v) is 10.1. The summed E-state index contributed by atoms with van der Waals surface area (Å²) in [4.78, 5) is 10.7. The fourth-order valence-electron chi connectivity index (χ4n) is 2.82. The van der Waals surface area contributed by atoms with Crippen molar-refractivity contribution in [2.24, 2.45) is 0 Å². The molecule has 0 fully saturated rings. The molecule has 1 unspecified atom stereocenters. The SMILES string of the molecule is CC1(CCC(=O)O)CCCc2cc(O)ccc21. The summed E-state index contributed by atoms with van der Waals surface area (Å²) in [5.74, 6) is -0.441. The molecule has 1 aromatic carbocycles. The maximum atomic E-state index is 10.7. The maximum absolute atomic E-state index is 10.7. The Hall–Kier alpha value is -1.51. The Morgan fingerprint density at radius 1 is 1.47 bits per heavy atom. The minimum atomic E-state index is -0.739. The Morgan fingerprint density at radius 3 is 2.94 bits per heavy atom. The van der Waals surface area contributed by atoms with Crippen LogP contribution in [0.25, 0.3) is 0 Å². The molecule has 0 saturated carbocycles. The number of phenolic OH excluding ortho intramolecular Hbond substituents is 1. The zero-order chi connectivity index (χ0) is 12.5. The summed E-state index contributed by atoms with van der Waals surface area (Å²) < 4.78 is 0. The van der Waals surface area contributed by atoms with Gasteiger partial charge in [-0.3, -0.25) is 4.79 Å². The first-order chi connectivity index (χ1) is 8.01. The van der Waals surface area contributed by atoms with Gasteiger partial charge in [-0.05, 0) is 54.4 Å². The van der Waals surface area contributed by atoms with Crippen molar-refractivity contribution in [1.29, 1.82) is 0 Å². The molecular weight excluding hydrogens is 216 g/mol. The lowest BCUT2D eigenvalue weighted by Crippen LogP contribution is -2.28. The highest BCUT2D eigenvalue weighted by Crippen LogP contribution is 2.41. The van der Waals surface area contributed by atoms with E-state index < -0.39 is 5.97 Å². The Balaban J connectivity index is 2.29. The van der Waals surface area contributed by atoms with Crippen molar-refractivity contribution in [3.8, 4) is 5.75 Å². The third kappa shape index (κ3) is 2.43. The van der Waals surface area contributed by atoms with Crippen molar-refractivity contribution < 1.29 is 15.0 Å². The molecule has 1 atom stereocenters. The van der Waals surface area contributed by atoms with E-state index in [0.717, 1.165) is 19.3 Å². The molecule has 0 radical (unpaired) electrons. The van der Waals surface area contributed by atoms with Gasteiger partial charge in [0.15, 0.2) is 0 Å². The molecule has 2 N–H and O–H groups in total. The number of hydrogen-bond acceptors (Lipinski definition) is 2. The van der Waals surface area contributed by atoms with Crippen LogP contribution in [0.5, 0.6) is 5.75 Å². The van der Waals surface area contributed by atoms with Crippen molar-refractivity contribution in [2.45, 2.75) is 44.4 Å². The van der Waals surface area contributed by atoms with Crippen LogP contribution in [0.1, 0.15) is 43.7 Å². The largest absolute Gasteiger partial charge is 0.508 e. The van der Waals surface area contributed by atoms with Gasteiger partial charge in [-0.15, -0.1) is 0 Å². The van der Waals surface area contributed by atoms with Crippen LogP contribution in [-0.2, 0) is 16.6 Å². The second kappa shape index (κ2) is 4.40. The predicted octanol–water partition coefficient (Wildman–Crippen LogP) is 2.85. The number of aryl methyl sites for hydroxylation is 1. The highest BCUT2D eigenvalue weighted by Gasteiger charge is 2.32. The molecule has 0 saturated heterocycles. The van der Waals surface area contributed by atoms with Crippen LogP contribution in [0.15, 0.2) is 18.2 Å². The average Bonchev–Trinajstić information content (AvgIpc) is 2.26. The van der Waals surface area contributed by atoms with Crippen LogP contribution in [0, 0.1) is 0 Å². The van der Waals surface area contributed by atoms with E-state index in [1.165, 1.54) is 11.1 Å². The van der Waals surface area contributed by atoms with Gasteiger partial charge < -0.3 is 10.2 Å². The molecule has 17 heavy (non-hydrogen) atoms. The molecule has 3 nitrogen and oxygen atoms in total. The Morgan fingerprint density at radius 2 is 2.24 bits per heavy atom. The number of aromatic hydroxyl groups is 1. The van der Waals surface area contributed by atoms with Gasteiger partial charge in [-0.25, -0.2) is 0 Å². The Kier molecular flexibility index (Phi) is 3.09. The van der Waals surface area contributed by atoms with Gasteiger partial charge in [0.2, 0.25) is 0 Å². The molecule has 0 aliphatic heterocycles. The molecule has 1 aliphatic carbocycles. The number of carboxylic acids is 1. The first-order valence-corrected chi connectivity index (χ1v) is 6.05. The van der Waals surface area contributed by atoms with E-state index in [1.807, 2.05) is 12.1 Å². The minimum absolute atomic E-state index is 0.0559. The van der Waals surface area contributed by atoms with Crippen LogP contribution in [0.4, 0.5) is 0 Å². The molecule has 0 amide bonds. The van der Waals surface area contributed by atoms with Gasteiger partial charge in [-0.2, -0.15) is 0 Å². The second-order valence-electron chi connectivity index (χ2n) is 5.15. The van der Waals surface area contributed by atoms with E-state index in [-0.39, 0.29) is 11.8 Å². The summed E-state index contributed by atoms with van der Waals surface area (Å²) in [5, 5.41) is 18.3. The monoisotopic (exact) mass is 234 g/mol. The topological polar surface area (TPSA) is 57.5 Å². The van der Waals surface area contributed by atoms with Crippen molar-refractivity contribution in [2.75, 3.05) is 0 Å². The maximum Gasteiger partial charge on any atom is 0.303 e. The number of rotatable bonds is 3. The molecule has 0 spiro atoms. The number of fused-ring (bicyclic) bond motifs is 1. The van der Waals surface area contributed by atoms with Gasteiger partial charge in [0.1, 0.15) is 5.75 Å². The fraction of sp³-hybridized carbons (Fsp3) is 0.500. The van der Waals surface area contributed by atoms with Crippen LogP contribution in [0.2, 0.25) is 0 Å². The van der Waals surface area contributed by atoms with Crippen molar-refractivity contribution in [3.05, 3.63) is 29.3 Å². The quantitative estimate of drug-likeness (QED) is 0.845. The number of hydrogen-bond donors (Lipinski definition) is 2. The lowest BCUT2D eigenvalue weighted by atomic mass is 9.69. The third-order valence-electron chi connectivity index (χ3n) is 3.80. The summed E-state index contributed by atoms with van der Waals surface area (Å²) in [6.07, 6.45) is 3.94. The molecule has 2 rings (SSSR count). The number of carbonyl (C=O) groups is 1. The molecule has 0 heterocycles. The first kappa shape index (κ1) is 12.0. The van der Waals surface area contributed by atoms with Gasteiger partial charge >= 0.3 is 5.97 Å². The van der Waals surface area contributed by atoms with E-state index in [0.29, 0.717) is 12.2 Å². The van der Waals surface area contributed by atoms with E-state index >= 15 is 0 Å². The van der Waals surface area contributed by atoms with Crippen LogP contribution < -0.4 is 0 Å².